The monoisotopic (exact) mass is 384 g/mol. The molecule has 0 aliphatic carbocycles. The molecular formula is C22H25ClN2O2. The lowest BCUT2D eigenvalue weighted by atomic mass is 9.73. The summed E-state index contributed by atoms with van der Waals surface area (Å²) in [6, 6.07) is 18.2. The van der Waals surface area contributed by atoms with Crippen molar-refractivity contribution in [1.29, 1.82) is 0 Å². The molecule has 2 heterocycles. The Morgan fingerprint density at radius 2 is 1.52 bits per heavy atom. The number of amides is 1. The van der Waals surface area contributed by atoms with E-state index in [2.05, 4.69) is 17.0 Å². The van der Waals surface area contributed by atoms with Gasteiger partial charge in [-0.15, -0.1) is 0 Å². The summed E-state index contributed by atoms with van der Waals surface area (Å²) in [5.41, 5.74) is 1.84. The third kappa shape index (κ3) is 3.69. The fourth-order valence-electron chi connectivity index (χ4n) is 4.23. The van der Waals surface area contributed by atoms with Gasteiger partial charge in [0.15, 0.2) is 0 Å². The maximum Gasteiger partial charge on any atom is 0.233 e. The number of anilines is 1. The predicted molar refractivity (Wildman–Crippen MR) is 108 cm³/mol. The van der Waals surface area contributed by atoms with Gasteiger partial charge in [0, 0.05) is 50.1 Å². The Labute approximate surface area is 165 Å². The number of carbonyl (C=O) groups is 1. The van der Waals surface area contributed by atoms with Gasteiger partial charge in [-0.25, -0.2) is 0 Å². The number of benzene rings is 2. The number of hydrogen-bond acceptors (Lipinski definition) is 3. The molecule has 4 nitrogen and oxygen atoms in total. The number of rotatable bonds is 3. The molecule has 2 aliphatic heterocycles. The standard InChI is InChI=1S/C22H25ClN2O2/c23-19-6-8-20(9-7-19)24-12-14-25(15-13-24)21(26)22(10-16-27-17-11-22)18-4-2-1-3-5-18/h1-9H,10-17H2. The van der Waals surface area contributed by atoms with Crippen molar-refractivity contribution in [3.8, 4) is 0 Å². The fraction of sp³-hybridized carbons (Fsp3) is 0.409. The highest BCUT2D eigenvalue weighted by Crippen LogP contribution is 2.37. The van der Waals surface area contributed by atoms with E-state index in [1.54, 1.807) is 0 Å². The van der Waals surface area contributed by atoms with Crippen LogP contribution in [0.5, 0.6) is 0 Å². The molecular weight excluding hydrogens is 360 g/mol. The minimum Gasteiger partial charge on any atom is -0.381 e. The van der Waals surface area contributed by atoms with E-state index >= 15 is 0 Å². The molecule has 142 valence electrons. The number of halogens is 1. The molecule has 2 aliphatic rings. The Morgan fingerprint density at radius 1 is 0.889 bits per heavy atom. The van der Waals surface area contributed by atoms with E-state index in [9.17, 15) is 4.79 Å². The zero-order valence-corrected chi connectivity index (χ0v) is 16.2. The zero-order chi connectivity index (χ0) is 18.7. The highest BCUT2D eigenvalue weighted by molar-refractivity contribution is 6.30. The first-order valence-electron chi connectivity index (χ1n) is 9.62. The number of piperazine rings is 1. The molecule has 1 amide bonds. The molecule has 0 bridgehead atoms. The van der Waals surface area contributed by atoms with Crippen LogP contribution < -0.4 is 4.90 Å². The van der Waals surface area contributed by atoms with Gasteiger partial charge in [0.1, 0.15) is 0 Å². The lowest BCUT2D eigenvalue weighted by Gasteiger charge is -2.43. The lowest BCUT2D eigenvalue weighted by molar-refractivity contribution is -0.141. The number of hydrogen-bond donors (Lipinski definition) is 0. The summed E-state index contributed by atoms with van der Waals surface area (Å²) in [7, 11) is 0. The fourth-order valence-corrected chi connectivity index (χ4v) is 4.35. The molecule has 5 heteroatoms. The first kappa shape index (κ1) is 18.3. The molecule has 2 aromatic carbocycles. The second kappa shape index (κ2) is 7.91. The van der Waals surface area contributed by atoms with Crippen LogP contribution in [0.4, 0.5) is 5.69 Å². The largest absolute Gasteiger partial charge is 0.381 e. The van der Waals surface area contributed by atoms with E-state index < -0.39 is 5.41 Å². The summed E-state index contributed by atoms with van der Waals surface area (Å²) >= 11 is 5.99. The molecule has 0 radical (unpaired) electrons. The molecule has 0 spiro atoms. The van der Waals surface area contributed by atoms with Gasteiger partial charge >= 0.3 is 0 Å². The van der Waals surface area contributed by atoms with Crippen molar-refractivity contribution >= 4 is 23.2 Å². The smallest absolute Gasteiger partial charge is 0.233 e. The number of ether oxygens (including phenoxy) is 1. The van der Waals surface area contributed by atoms with Crippen molar-refractivity contribution in [2.45, 2.75) is 18.3 Å². The Kier molecular flexibility index (Phi) is 5.37. The van der Waals surface area contributed by atoms with Crippen LogP contribution in [0, 0.1) is 0 Å². The molecule has 4 rings (SSSR count). The van der Waals surface area contributed by atoms with Crippen LogP contribution in [0.2, 0.25) is 5.02 Å². The molecule has 2 aromatic rings. The van der Waals surface area contributed by atoms with Crippen LogP contribution in [-0.2, 0) is 14.9 Å². The van der Waals surface area contributed by atoms with Crippen LogP contribution in [0.3, 0.4) is 0 Å². The average Bonchev–Trinajstić information content (AvgIpc) is 2.75. The molecule has 0 unspecified atom stereocenters. The maximum atomic E-state index is 13.6. The van der Waals surface area contributed by atoms with Crippen LogP contribution in [0.1, 0.15) is 18.4 Å². The summed E-state index contributed by atoms with van der Waals surface area (Å²) in [4.78, 5) is 18.0. The summed E-state index contributed by atoms with van der Waals surface area (Å²) < 4.78 is 5.58. The normalized spacial score (nSPS) is 19.7. The van der Waals surface area contributed by atoms with Gasteiger partial charge in [0.05, 0.1) is 5.41 Å². The Hall–Kier alpha value is -2.04. The Balaban J connectivity index is 1.49. The SMILES string of the molecule is O=C(N1CCN(c2ccc(Cl)cc2)CC1)C1(c2ccccc2)CCOCC1. The van der Waals surface area contributed by atoms with Crippen LogP contribution in [0.15, 0.2) is 54.6 Å². The van der Waals surface area contributed by atoms with Gasteiger partial charge in [0.2, 0.25) is 5.91 Å². The van der Waals surface area contributed by atoms with Crippen molar-refractivity contribution in [3.63, 3.8) is 0 Å². The van der Waals surface area contributed by atoms with E-state index in [4.69, 9.17) is 16.3 Å². The molecule has 27 heavy (non-hydrogen) atoms. The van der Waals surface area contributed by atoms with Crippen molar-refractivity contribution in [2.24, 2.45) is 0 Å². The first-order valence-corrected chi connectivity index (χ1v) is 10.00. The van der Waals surface area contributed by atoms with E-state index in [0.29, 0.717) is 13.2 Å². The minimum atomic E-state index is -0.443. The Bertz CT molecular complexity index is 765. The van der Waals surface area contributed by atoms with Crippen LogP contribution in [0.25, 0.3) is 0 Å². The van der Waals surface area contributed by atoms with E-state index in [1.807, 2.05) is 47.4 Å². The lowest BCUT2D eigenvalue weighted by Crippen LogP contribution is -2.56. The van der Waals surface area contributed by atoms with Gasteiger partial charge in [-0.05, 0) is 42.7 Å². The molecule has 0 atom stereocenters. The second-order valence-corrected chi connectivity index (χ2v) is 7.75. The van der Waals surface area contributed by atoms with Crippen molar-refractivity contribution in [2.75, 3.05) is 44.3 Å². The van der Waals surface area contributed by atoms with Gasteiger partial charge < -0.3 is 14.5 Å². The van der Waals surface area contributed by atoms with E-state index in [0.717, 1.165) is 55.3 Å². The molecule has 0 saturated carbocycles. The van der Waals surface area contributed by atoms with Gasteiger partial charge in [-0.2, -0.15) is 0 Å². The predicted octanol–water partition coefficient (Wildman–Crippen LogP) is 3.74. The number of nitrogens with zero attached hydrogens (tertiary/aromatic N) is 2. The first-order chi connectivity index (χ1) is 13.2. The quantitative estimate of drug-likeness (QED) is 0.808. The molecule has 0 aromatic heterocycles. The third-order valence-electron chi connectivity index (χ3n) is 5.84. The van der Waals surface area contributed by atoms with Crippen molar-refractivity contribution in [1.82, 2.24) is 4.90 Å². The molecule has 2 fully saturated rings. The Morgan fingerprint density at radius 3 is 2.15 bits per heavy atom. The van der Waals surface area contributed by atoms with Crippen molar-refractivity contribution < 1.29 is 9.53 Å². The minimum absolute atomic E-state index is 0.257. The van der Waals surface area contributed by atoms with Gasteiger partial charge in [-0.3, -0.25) is 4.79 Å². The van der Waals surface area contributed by atoms with E-state index in [1.165, 1.54) is 0 Å². The second-order valence-electron chi connectivity index (χ2n) is 7.32. The topological polar surface area (TPSA) is 32.8 Å². The van der Waals surface area contributed by atoms with Gasteiger partial charge in [-0.1, -0.05) is 41.9 Å². The highest BCUT2D eigenvalue weighted by atomic mass is 35.5. The van der Waals surface area contributed by atoms with E-state index in [-0.39, 0.29) is 5.91 Å². The van der Waals surface area contributed by atoms with Crippen LogP contribution >= 0.6 is 11.6 Å². The number of carbonyl (C=O) groups excluding carboxylic acids is 1. The summed E-state index contributed by atoms with van der Waals surface area (Å²) in [6.45, 7) is 4.47. The third-order valence-corrected chi connectivity index (χ3v) is 6.09. The summed E-state index contributed by atoms with van der Waals surface area (Å²) in [6.07, 6.45) is 1.51. The highest BCUT2D eigenvalue weighted by Gasteiger charge is 2.44. The summed E-state index contributed by atoms with van der Waals surface area (Å²) in [5, 5.41) is 0.747. The average molecular weight is 385 g/mol. The maximum absolute atomic E-state index is 13.6. The van der Waals surface area contributed by atoms with Gasteiger partial charge in [0.25, 0.3) is 0 Å². The zero-order valence-electron chi connectivity index (χ0n) is 15.4. The summed E-state index contributed by atoms with van der Waals surface area (Å²) in [5.74, 6) is 0.257. The molecule has 2 saturated heterocycles. The van der Waals surface area contributed by atoms with Crippen molar-refractivity contribution in [3.05, 3.63) is 65.2 Å². The molecule has 0 N–H and O–H groups in total. The van der Waals surface area contributed by atoms with Crippen LogP contribution in [-0.4, -0.2) is 50.2 Å².